The van der Waals surface area contributed by atoms with Gasteiger partial charge in [-0.1, -0.05) is 36.4 Å². The van der Waals surface area contributed by atoms with Crippen molar-refractivity contribution in [3.8, 4) is 11.5 Å². The van der Waals surface area contributed by atoms with E-state index in [2.05, 4.69) is 24.3 Å². The molecule has 0 aliphatic heterocycles. The molecule has 0 saturated heterocycles. The summed E-state index contributed by atoms with van der Waals surface area (Å²) in [5.41, 5.74) is 3.11. The second kappa shape index (κ2) is 5.24. The minimum absolute atomic E-state index is 0.212. The van der Waals surface area contributed by atoms with Crippen LogP contribution in [0.1, 0.15) is 0 Å². The highest BCUT2D eigenvalue weighted by Crippen LogP contribution is 2.49. The van der Waals surface area contributed by atoms with Crippen LogP contribution in [0.15, 0.2) is 81.6 Å². The lowest BCUT2D eigenvalue weighted by molar-refractivity contribution is 0.475. The highest BCUT2D eigenvalue weighted by atomic mass is 16.3. The summed E-state index contributed by atoms with van der Waals surface area (Å²) in [5, 5.41) is 30.5. The van der Waals surface area contributed by atoms with Crippen molar-refractivity contribution >= 4 is 76.2 Å². The number of hydrogen-bond donors (Lipinski definition) is 2. The molecule has 0 aliphatic rings. The molecule has 0 spiro atoms. The average molecular weight is 414 g/mol. The number of hydrogen-bond acceptors (Lipinski definition) is 4. The Bertz CT molecular complexity index is 1910. The molecule has 2 aromatic heterocycles. The van der Waals surface area contributed by atoms with Crippen LogP contribution in [0.3, 0.4) is 0 Å². The van der Waals surface area contributed by atoms with Gasteiger partial charge >= 0.3 is 0 Å². The zero-order chi connectivity index (χ0) is 21.1. The summed E-state index contributed by atoms with van der Waals surface area (Å²) in [6.07, 6.45) is 0. The van der Waals surface area contributed by atoms with Gasteiger partial charge in [-0.05, 0) is 52.6 Å². The molecule has 0 atom stereocenters. The Balaban J connectivity index is 1.79. The van der Waals surface area contributed by atoms with Crippen LogP contribution in [0.4, 0.5) is 0 Å². The SMILES string of the molecule is Oc1ccc2oc3c4cccc5c6oc7ccc(O)cc7c6c6cccc(c3c2c1)c6c45. The van der Waals surface area contributed by atoms with Gasteiger partial charge in [0.1, 0.15) is 33.8 Å². The van der Waals surface area contributed by atoms with Gasteiger partial charge in [-0.15, -0.1) is 0 Å². The first-order chi connectivity index (χ1) is 15.7. The molecule has 32 heavy (non-hydrogen) atoms. The standard InChI is InChI=1S/C28H14O4/c29-13-7-9-21-19(11-13)25-15-3-1-4-16-23(15)24-17(27(25)31-21)5-2-6-18(24)28-26(16)20-12-14(30)8-10-22(20)32-28/h1-12,29-30H. The van der Waals surface area contributed by atoms with Gasteiger partial charge in [0, 0.05) is 37.7 Å². The van der Waals surface area contributed by atoms with Gasteiger partial charge in [0.2, 0.25) is 0 Å². The molecule has 0 fully saturated rings. The van der Waals surface area contributed by atoms with Crippen molar-refractivity contribution in [2.75, 3.05) is 0 Å². The first kappa shape index (κ1) is 16.3. The van der Waals surface area contributed by atoms with E-state index < -0.39 is 0 Å². The van der Waals surface area contributed by atoms with Gasteiger partial charge < -0.3 is 19.0 Å². The number of furan rings is 2. The van der Waals surface area contributed by atoms with Crippen LogP contribution in [0.2, 0.25) is 0 Å². The monoisotopic (exact) mass is 414 g/mol. The number of rotatable bonds is 0. The second-order valence-electron chi connectivity index (χ2n) is 8.43. The van der Waals surface area contributed by atoms with Crippen LogP contribution >= 0.6 is 0 Å². The second-order valence-corrected chi connectivity index (χ2v) is 8.43. The smallest absolute Gasteiger partial charge is 0.143 e. The Morgan fingerprint density at radius 1 is 0.438 bits per heavy atom. The van der Waals surface area contributed by atoms with E-state index in [1.165, 1.54) is 0 Å². The third kappa shape index (κ3) is 1.76. The zero-order valence-electron chi connectivity index (χ0n) is 16.6. The lowest BCUT2D eigenvalue weighted by Crippen LogP contribution is -1.86. The van der Waals surface area contributed by atoms with E-state index in [1.807, 2.05) is 24.3 Å². The predicted octanol–water partition coefficient (Wildman–Crippen LogP) is 7.79. The Morgan fingerprint density at radius 3 is 1.38 bits per heavy atom. The molecule has 150 valence electrons. The maximum absolute atomic E-state index is 10.2. The van der Waals surface area contributed by atoms with E-state index in [-0.39, 0.29) is 11.5 Å². The first-order valence-electron chi connectivity index (χ1n) is 10.5. The van der Waals surface area contributed by atoms with Gasteiger partial charge in [0.15, 0.2) is 0 Å². The average Bonchev–Trinajstić information content (AvgIpc) is 3.37. The molecular weight excluding hydrogens is 400 g/mol. The van der Waals surface area contributed by atoms with E-state index in [4.69, 9.17) is 8.83 Å². The molecule has 0 aliphatic carbocycles. The normalized spacial score (nSPS) is 12.6. The highest BCUT2D eigenvalue weighted by Gasteiger charge is 2.23. The fourth-order valence-corrected chi connectivity index (χ4v) is 5.52. The van der Waals surface area contributed by atoms with E-state index >= 15 is 0 Å². The largest absolute Gasteiger partial charge is 0.508 e. The molecule has 2 heterocycles. The predicted molar refractivity (Wildman–Crippen MR) is 128 cm³/mol. The third-order valence-corrected chi connectivity index (χ3v) is 6.75. The molecule has 2 N–H and O–H groups in total. The fraction of sp³-hybridized carbons (Fsp3) is 0. The van der Waals surface area contributed by atoms with Crippen LogP contribution in [0, 0.1) is 0 Å². The van der Waals surface area contributed by atoms with Crippen molar-refractivity contribution in [2.45, 2.75) is 0 Å². The maximum atomic E-state index is 10.2. The molecule has 0 bridgehead atoms. The topological polar surface area (TPSA) is 66.7 Å². The maximum Gasteiger partial charge on any atom is 0.143 e. The Morgan fingerprint density at radius 2 is 0.875 bits per heavy atom. The fourth-order valence-electron chi connectivity index (χ4n) is 5.52. The lowest BCUT2D eigenvalue weighted by atomic mass is 9.89. The van der Waals surface area contributed by atoms with Crippen molar-refractivity contribution in [3.63, 3.8) is 0 Å². The number of aromatic hydroxyl groups is 2. The van der Waals surface area contributed by atoms with Crippen molar-refractivity contribution < 1.29 is 19.0 Å². The van der Waals surface area contributed by atoms with Crippen LogP contribution in [0.25, 0.3) is 76.2 Å². The molecular formula is C28H14O4. The summed E-state index contributed by atoms with van der Waals surface area (Å²) in [4.78, 5) is 0. The Labute approximate surface area is 179 Å². The van der Waals surface area contributed by atoms with Crippen molar-refractivity contribution in [1.82, 2.24) is 0 Å². The van der Waals surface area contributed by atoms with Crippen LogP contribution in [0.5, 0.6) is 11.5 Å². The summed E-state index contributed by atoms with van der Waals surface area (Å²) in [5.74, 6) is 0.424. The summed E-state index contributed by atoms with van der Waals surface area (Å²) in [6.45, 7) is 0. The number of benzene rings is 6. The van der Waals surface area contributed by atoms with Crippen LogP contribution in [-0.2, 0) is 0 Å². The molecule has 4 nitrogen and oxygen atoms in total. The van der Waals surface area contributed by atoms with Crippen LogP contribution in [-0.4, -0.2) is 10.2 Å². The summed E-state index contributed by atoms with van der Waals surface area (Å²) in [7, 11) is 0. The van der Waals surface area contributed by atoms with E-state index in [0.29, 0.717) is 0 Å². The third-order valence-electron chi connectivity index (χ3n) is 6.75. The summed E-state index contributed by atoms with van der Waals surface area (Å²) >= 11 is 0. The number of phenolic OH excluding ortho intramolecular Hbond substituents is 2. The minimum atomic E-state index is 0.212. The molecule has 0 amide bonds. The Kier molecular flexibility index (Phi) is 2.66. The molecule has 8 rings (SSSR count). The minimum Gasteiger partial charge on any atom is -0.508 e. The van der Waals surface area contributed by atoms with Crippen LogP contribution < -0.4 is 0 Å². The molecule has 4 heteroatoms. The van der Waals surface area contributed by atoms with Gasteiger partial charge in [-0.25, -0.2) is 0 Å². The van der Waals surface area contributed by atoms with E-state index in [1.54, 1.807) is 24.3 Å². The molecule has 0 radical (unpaired) electrons. The molecule has 0 saturated carbocycles. The quantitative estimate of drug-likeness (QED) is 0.249. The van der Waals surface area contributed by atoms with Gasteiger partial charge in [0.05, 0.1) is 0 Å². The Hall–Kier alpha value is -4.44. The van der Waals surface area contributed by atoms with E-state index in [9.17, 15) is 10.2 Å². The molecule has 8 aromatic rings. The molecule has 6 aromatic carbocycles. The van der Waals surface area contributed by atoms with Gasteiger partial charge in [0.25, 0.3) is 0 Å². The van der Waals surface area contributed by atoms with Gasteiger partial charge in [-0.2, -0.15) is 0 Å². The summed E-state index contributed by atoms with van der Waals surface area (Å²) in [6, 6.07) is 22.9. The molecule has 0 unspecified atom stereocenters. The number of phenols is 2. The zero-order valence-corrected chi connectivity index (χ0v) is 16.6. The van der Waals surface area contributed by atoms with Gasteiger partial charge in [-0.3, -0.25) is 0 Å². The summed E-state index contributed by atoms with van der Waals surface area (Å²) < 4.78 is 12.7. The lowest BCUT2D eigenvalue weighted by Gasteiger charge is -2.13. The first-order valence-corrected chi connectivity index (χ1v) is 10.5. The van der Waals surface area contributed by atoms with Crippen molar-refractivity contribution in [3.05, 3.63) is 72.8 Å². The number of fused-ring (bicyclic) bond motifs is 10. The van der Waals surface area contributed by atoms with E-state index in [0.717, 1.165) is 76.2 Å². The van der Waals surface area contributed by atoms with Crippen molar-refractivity contribution in [1.29, 1.82) is 0 Å². The highest BCUT2D eigenvalue weighted by molar-refractivity contribution is 6.43. The van der Waals surface area contributed by atoms with Crippen molar-refractivity contribution in [2.24, 2.45) is 0 Å².